The first-order valence-electron chi connectivity index (χ1n) is 31.3. The van der Waals surface area contributed by atoms with Crippen LogP contribution in [0.1, 0.15) is 115 Å². The fourth-order valence-electron chi connectivity index (χ4n) is 11.4. The Kier molecular flexibility index (Phi) is 29.2. The van der Waals surface area contributed by atoms with Gasteiger partial charge in [-0.3, -0.25) is 57.9 Å². The predicted molar refractivity (Wildman–Crippen MR) is 348 cm³/mol. The minimum absolute atomic E-state index is 0.00472. The van der Waals surface area contributed by atoms with Crippen LogP contribution >= 0.6 is 0 Å². The fourth-order valence-corrected chi connectivity index (χ4v) is 11.4. The number of nitrogens with zero attached hydrogens (tertiary/aromatic N) is 3. The topological polar surface area (TPSA) is 423 Å². The number of aromatic hydroxyl groups is 1. The molecule has 8 atom stereocenters. The van der Waals surface area contributed by atoms with Crippen molar-refractivity contribution in [2.24, 2.45) is 79.9 Å². The van der Waals surface area contributed by atoms with Gasteiger partial charge < -0.3 is 65.7 Å². The second-order valence-corrected chi connectivity index (χ2v) is 24.3. The van der Waals surface area contributed by atoms with E-state index in [0.717, 1.165) is 16.3 Å². The van der Waals surface area contributed by atoms with Crippen molar-refractivity contribution in [1.82, 2.24) is 26.2 Å². The molecule has 0 aliphatic carbocycles. The van der Waals surface area contributed by atoms with E-state index in [-0.39, 0.29) is 113 Å². The highest BCUT2D eigenvalue weighted by Gasteiger charge is 2.37. The van der Waals surface area contributed by atoms with Gasteiger partial charge in [-0.25, -0.2) is 0 Å². The molecule has 0 unspecified atom stereocenters. The summed E-state index contributed by atoms with van der Waals surface area (Å²) in [7, 11) is 1.39. The summed E-state index contributed by atoms with van der Waals surface area (Å²) in [6.07, 6.45) is 0.332. The SMILES string of the molecule is CC(C)C[C@H](CC(=O)[C@H](Cc1ccc2ccccc2c1)NC(=O)[C@@H](CC(=O)C1CCNCC1)Cc1ccc(O)cc1)C(=O)N[C@@H](Cc1ccccc1)C(=O)C[C@@H](CCCN=C(N)N)C(=O)N(C)[C@@H](C)C(=O)C[C@@H](CCCN=C(N)N)C(=O)N[C@@H](CC(N)=O)C(N)=O. The molecule has 0 radical (unpaired) electrons. The van der Waals surface area contributed by atoms with Crippen molar-refractivity contribution >= 4 is 81.3 Å². The largest absolute Gasteiger partial charge is 0.508 e. The molecular weight excluding hydrogens is 1160 g/mol. The Hall–Kier alpha value is -9.06. The monoisotopic (exact) mass is 1260 g/mol. The molecule has 6 amide bonds. The van der Waals surface area contributed by atoms with Crippen molar-refractivity contribution in [2.75, 3.05) is 33.2 Å². The summed E-state index contributed by atoms with van der Waals surface area (Å²) in [6.45, 7) is 6.79. The zero-order chi connectivity index (χ0) is 66.7. The van der Waals surface area contributed by atoms with Crippen LogP contribution in [0.2, 0.25) is 0 Å². The number of primary amides is 2. The molecule has 1 aliphatic heterocycles. The molecule has 4 aromatic rings. The summed E-state index contributed by atoms with van der Waals surface area (Å²) < 4.78 is 0. The maximum absolute atomic E-state index is 15.2. The van der Waals surface area contributed by atoms with E-state index in [0.29, 0.717) is 37.1 Å². The number of benzene rings is 4. The number of piperidine rings is 1. The molecular formula is C67H93N13O11. The van der Waals surface area contributed by atoms with Crippen LogP contribution < -0.4 is 55.7 Å². The van der Waals surface area contributed by atoms with Gasteiger partial charge in [0.15, 0.2) is 29.3 Å². The number of ketones is 4. The van der Waals surface area contributed by atoms with Gasteiger partial charge in [0.25, 0.3) is 0 Å². The number of fused-ring (bicyclic) bond motifs is 1. The third-order valence-corrected chi connectivity index (χ3v) is 16.6. The van der Waals surface area contributed by atoms with E-state index in [1.165, 1.54) is 31.0 Å². The molecule has 0 bridgehead atoms. The molecule has 0 saturated carbocycles. The number of likely N-dealkylation sites (N-methyl/N-ethyl adjacent to an activating group) is 1. The zero-order valence-electron chi connectivity index (χ0n) is 52.8. The summed E-state index contributed by atoms with van der Waals surface area (Å²) in [5.74, 6) is -10.9. The van der Waals surface area contributed by atoms with Gasteiger partial charge in [0.05, 0.1) is 24.5 Å². The number of Topliss-reactive ketones (excluding diaryl/α,β-unsaturated/α-hetero) is 4. The molecule has 4 aromatic carbocycles. The summed E-state index contributed by atoms with van der Waals surface area (Å²) in [5, 5.41) is 23.7. The molecule has 1 fully saturated rings. The molecule has 0 spiro atoms. The van der Waals surface area contributed by atoms with Crippen LogP contribution in [0.3, 0.4) is 0 Å². The summed E-state index contributed by atoms with van der Waals surface area (Å²) >= 11 is 0. The van der Waals surface area contributed by atoms with E-state index < -0.39 is 120 Å². The van der Waals surface area contributed by atoms with E-state index in [9.17, 15) is 38.7 Å². The van der Waals surface area contributed by atoms with Gasteiger partial charge in [-0.1, -0.05) is 98.8 Å². The average Bonchev–Trinajstić information content (AvgIpc) is 1.08. The first-order valence-corrected chi connectivity index (χ1v) is 31.3. The number of phenols is 1. The third-order valence-electron chi connectivity index (χ3n) is 16.6. The number of carbonyl (C=O) groups excluding carboxylic acids is 10. The standard InChI is InChI=1S/C67H93N13O11/c1-40(2)30-50(38-59(85)54(34-44-18-21-45-14-8-9-15-47(45)32-44)78-64(90)51(31-43-19-22-52(81)23-20-43)37-57(83)46-24-28-74-29-25-46)63(89)77-53(33-42-12-6-5-7-13-42)58(84)36-49(17-11-27-76-67(72)73)65(91)80(4)41(3)56(82)35-48(16-10-26-75-66(70)71)62(88)79-55(61(69)87)39-60(68)86/h5-9,12-15,18-23,32,40-41,46,48-51,53-55,74,81H,10-11,16-17,24-31,33-39H2,1-4H3,(H2,68,86)(H2,69,87)(H,77,89)(H,78,90)(H,79,88)(H4,70,71,75)(H4,72,73,76)/t41-,48+,49+,50+,51+,53-,54-,55-/m0/s1. The average molecular weight is 1260 g/mol. The molecule has 24 heteroatoms. The quantitative estimate of drug-likeness (QED) is 0.0174. The lowest BCUT2D eigenvalue weighted by molar-refractivity contribution is -0.143. The molecule has 1 aliphatic rings. The Morgan fingerprint density at radius 2 is 1.04 bits per heavy atom. The molecule has 17 N–H and O–H groups in total. The molecule has 5 rings (SSSR count). The molecule has 1 heterocycles. The molecule has 1 saturated heterocycles. The number of nitrogens with two attached hydrogens (primary N) is 6. The van der Waals surface area contributed by atoms with Gasteiger partial charge in [0.2, 0.25) is 35.4 Å². The lowest BCUT2D eigenvalue weighted by atomic mass is 9.84. The minimum atomic E-state index is -1.46. The Morgan fingerprint density at radius 3 is 1.62 bits per heavy atom. The van der Waals surface area contributed by atoms with Gasteiger partial charge in [-0.2, -0.15) is 0 Å². The van der Waals surface area contributed by atoms with Gasteiger partial charge in [0.1, 0.15) is 17.6 Å². The van der Waals surface area contributed by atoms with E-state index in [4.69, 9.17) is 34.4 Å². The number of carbonyl (C=O) groups is 10. The number of hydrogen-bond acceptors (Lipinski definition) is 14. The first-order chi connectivity index (χ1) is 43.3. The van der Waals surface area contributed by atoms with Crippen molar-refractivity contribution in [2.45, 2.75) is 141 Å². The normalized spacial score (nSPS) is 15.0. The zero-order valence-corrected chi connectivity index (χ0v) is 52.8. The van der Waals surface area contributed by atoms with Crippen molar-refractivity contribution in [3.8, 4) is 5.75 Å². The Balaban J connectivity index is 1.44. The van der Waals surface area contributed by atoms with Crippen LogP contribution in [0.5, 0.6) is 5.75 Å². The maximum atomic E-state index is 15.2. The number of phenolic OH excluding ortho intramolecular Hbond substituents is 1. The number of amides is 6. The smallest absolute Gasteiger partial charge is 0.240 e. The van der Waals surface area contributed by atoms with Gasteiger partial charge >= 0.3 is 0 Å². The summed E-state index contributed by atoms with van der Waals surface area (Å²) in [5.41, 5.74) is 35.1. The van der Waals surface area contributed by atoms with Gasteiger partial charge in [0, 0.05) is 75.4 Å². The second kappa shape index (κ2) is 36.6. The van der Waals surface area contributed by atoms with E-state index in [1.807, 2.05) is 56.3 Å². The first kappa shape index (κ1) is 72.7. The second-order valence-electron chi connectivity index (χ2n) is 24.3. The lowest BCUT2D eigenvalue weighted by Gasteiger charge is -2.30. The van der Waals surface area contributed by atoms with Gasteiger partial charge in [-0.05, 0) is 130 Å². The summed E-state index contributed by atoms with van der Waals surface area (Å²) in [6, 6.07) is 23.8. The minimum Gasteiger partial charge on any atom is -0.508 e. The van der Waals surface area contributed by atoms with Crippen LogP contribution in [0.15, 0.2) is 107 Å². The highest BCUT2D eigenvalue weighted by Crippen LogP contribution is 2.27. The fraction of sp³-hybridized carbons (Fsp3) is 0.493. The van der Waals surface area contributed by atoms with Crippen molar-refractivity contribution in [3.63, 3.8) is 0 Å². The third kappa shape index (κ3) is 24.7. The van der Waals surface area contributed by atoms with Crippen LogP contribution in [-0.2, 0) is 67.2 Å². The van der Waals surface area contributed by atoms with Crippen LogP contribution in [-0.4, -0.2) is 138 Å². The molecule has 492 valence electrons. The van der Waals surface area contributed by atoms with E-state index >= 15 is 14.4 Å². The number of hydrogen-bond donors (Lipinski definition) is 11. The number of nitrogens with one attached hydrogen (secondary N) is 4. The maximum Gasteiger partial charge on any atom is 0.240 e. The number of rotatable bonds is 39. The molecule has 0 aromatic heterocycles. The lowest BCUT2D eigenvalue weighted by Crippen LogP contribution is -2.50. The van der Waals surface area contributed by atoms with E-state index in [2.05, 4.69) is 31.3 Å². The van der Waals surface area contributed by atoms with Crippen LogP contribution in [0.4, 0.5) is 0 Å². The molecule has 24 nitrogen and oxygen atoms in total. The highest BCUT2D eigenvalue weighted by atomic mass is 16.3. The summed E-state index contributed by atoms with van der Waals surface area (Å²) in [4.78, 5) is 150. The van der Waals surface area contributed by atoms with Crippen molar-refractivity contribution < 1.29 is 53.1 Å². The Labute approximate surface area is 532 Å². The van der Waals surface area contributed by atoms with E-state index in [1.54, 1.807) is 42.5 Å². The van der Waals surface area contributed by atoms with Crippen molar-refractivity contribution in [3.05, 3.63) is 114 Å². The number of guanidine groups is 2. The molecule has 91 heavy (non-hydrogen) atoms. The van der Waals surface area contributed by atoms with Crippen molar-refractivity contribution in [1.29, 1.82) is 0 Å². The number of aliphatic imine (C=N–C) groups is 2. The van der Waals surface area contributed by atoms with Gasteiger partial charge in [-0.15, -0.1) is 0 Å². The highest BCUT2D eigenvalue weighted by molar-refractivity contribution is 5.98. The Morgan fingerprint density at radius 1 is 0.549 bits per heavy atom. The Bertz CT molecular complexity index is 3200. The van der Waals surface area contributed by atoms with Crippen LogP contribution in [0.25, 0.3) is 10.8 Å². The van der Waals surface area contributed by atoms with Crippen LogP contribution in [0, 0.1) is 35.5 Å². The predicted octanol–water partition coefficient (Wildman–Crippen LogP) is 2.69.